The number of halogens is 1. The topological polar surface area (TPSA) is 77.4 Å². The van der Waals surface area contributed by atoms with E-state index in [4.69, 9.17) is 15.0 Å². The molecule has 0 radical (unpaired) electrons. The van der Waals surface area contributed by atoms with Crippen LogP contribution in [0.15, 0.2) is 16.0 Å². The van der Waals surface area contributed by atoms with Crippen molar-refractivity contribution in [1.82, 2.24) is 15.0 Å². The molecule has 2 aromatic heterocycles. The Morgan fingerprint density at radius 1 is 1.45 bits per heavy atom. The van der Waals surface area contributed by atoms with E-state index in [1.807, 2.05) is 11.4 Å². The summed E-state index contributed by atoms with van der Waals surface area (Å²) in [6.45, 7) is 4.06. The molecule has 0 bridgehead atoms. The Hall–Kier alpha value is -0.550. The molecule has 2 N–H and O–H groups in total. The normalized spacial score (nSPS) is 18.3. The zero-order valence-corrected chi connectivity index (χ0v) is 13.8. The lowest BCUT2D eigenvalue weighted by atomic mass is 10.2. The molecule has 1 unspecified atom stereocenters. The van der Waals surface area contributed by atoms with Crippen molar-refractivity contribution in [3.8, 4) is 11.5 Å². The van der Waals surface area contributed by atoms with Gasteiger partial charge in [0.15, 0.2) is 5.82 Å². The fourth-order valence-electron chi connectivity index (χ4n) is 2.07. The van der Waals surface area contributed by atoms with E-state index in [-0.39, 0.29) is 6.04 Å². The van der Waals surface area contributed by atoms with Crippen LogP contribution in [0.5, 0.6) is 0 Å². The summed E-state index contributed by atoms with van der Waals surface area (Å²) in [4.78, 5) is 6.66. The van der Waals surface area contributed by atoms with Crippen molar-refractivity contribution in [2.45, 2.75) is 6.04 Å². The van der Waals surface area contributed by atoms with E-state index in [1.54, 1.807) is 11.3 Å². The number of nitrogens with two attached hydrogens (primary N) is 1. The van der Waals surface area contributed by atoms with Gasteiger partial charge in [0.2, 0.25) is 0 Å². The Morgan fingerprint density at radius 3 is 2.95 bits per heavy atom. The standard InChI is InChI=1S/C12H15IN4O2S/c13-10-5-8(7-20-10)12-15-11(16-19-12)9(14)6-17-1-3-18-4-2-17/h5,7,9H,1-4,6,14H2. The van der Waals surface area contributed by atoms with E-state index < -0.39 is 0 Å². The van der Waals surface area contributed by atoms with Crippen LogP contribution in [0.25, 0.3) is 11.5 Å². The van der Waals surface area contributed by atoms with Crippen molar-refractivity contribution in [2.24, 2.45) is 5.73 Å². The molecule has 2 aromatic rings. The quantitative estimate of drug-likeness (QED) is 0.780. The van der Waals surface area contributed by atoms with Crippen LogP contribution in [0, 0.1) is 2.88 Å². The van der Waals surface area contributed by atoms with E-state index in [9.17, 15) is 0 Å². The zero-order valence-electron chi connectivity index (χ0n) is 10.8. The van der Waals surface area contributed by atoms with Crippen molar-refractivity contribution in [3.63, 3.8) is 0 Å². The van der Waals surface area contributed by atoms with Gasteiger partial charge in [-0.25, -0.2) is 0 Å². The first-order chi connectivity index (χ1) is 9.72. The monoisotopic (exact) mass is 406 g/mol. The highest BCUT2D eigenvalue weighted by Crippen LogP contribution is 2.26. The molecule has 0 aliphatic carbocycles. The SMILES string of the molecule is NC(CN1CCOCC1)c1noc(-c2csc(I)c2)n1. The molecular formula is C12H15IN4O2S. The number of aromatic nitrogens is 2. The van der Waals surface area contributed by atoms with Gasteiger partial charge in [-0.15, -0.1) is 11.3 Å². The largest absolute Gasteiger partial charge is 0.379 e. The number of hydrogen-bond donors (Lipinski definition) is 1. The van der Waals surface area contributed by atoms with Crippen LogP contribution in [0.1, 0.15) is 11.9 Å². The first kappa shape index (κ1) is 14.4. The maximum atomic E-state index is 6.16. The minimum Gasteiger partial charge on any atom is -0.379 e. The number of morpholine rings is 1. The summed E-state index contributed by atoms with van der Waals surface area (Å²) in [5.74, 6) is 1.10. The lowest BCUT2D eigenvalue weighted by Gasteiger charge is -2.27. The van der Waals surface area contributed by atoms with Crippen molar-refractivity contribution >= 4 is 33.9 Å². The van der Waals surface area contributed by atoms with Crippen molar-refractivity contribution < 1.29 is 9.26 Å². The molecule has 8 heteroatoms. The van der Waals surface area contributed by atoms with Gasteiger partial charge in [0, 0.05) is 25.0 Å². The third-order valence-electron chi connectivity index (χ3n) is 3.15. The number of nitrogens with zero attached hydrogens (tertiary/aromatic N) is 3. The van der Waals surface area contributed by atoms with Crippen LogP contribution >= 0.6 is 33.9 Å². The van der Waals surface area contributed by atoms with Gasteiger partial charge in [-0.05, 0) is 28.7 Å². The average molecular weight is 406 g/mol. The summed E-state index contributed by atoms with van der Waals surface area (Å²) in [6, 6.07) is 1.79. The lowest BCUT2D eigenvalue weighted by molar-refractivity contribution is 0.0348. The second-order valence-corrected chi connectivity index (χ2v) is 7.42. The first-order valence-corrected chi connectivity index (χ1v) is 8.32. The van der Waals surface area contributed by atoms with Gasteiger partial charge < -0.3 is 15.0 Å². The summed E-state index contributed by atoms with van der Waals surface area (Å²) in [5.41, 5.74) is 7.11. The van der Waals surface area contributed by atoms with E-state index in [2.05, 4.69) is 37.6 Å². The number of rotatable bonds is 4. The molecule has 1 atom stereocenters. The van der Waals surface area contributed by atoms with Crippen LogP contribution in [-0.2, 0) is 4.74 Å². The molecule has 1 saturated heterocycles. The number of hydrogen-bond acceptors (Lipinski definition) is 7. The smallest absolute Gasteiger partial charge is 0.258 e. The number of ether oxygens (including phenoxy) is 1. The van der Waals surface area contributed by atoms with Gasteiger partial charge in [-0.3, -0.25) is 4.90 Å². The van der Waals surface area contributed by atoms with Crippen LogP contribution in [0.3, 0.4) is 0 Å². The molecule has 20 heavy (non-hydrogen) atoms. The molecule has 6 nitrogen and oxygen atoms in total. The maximum Gasteiger partial charge on any atom is 0.258 e. The van der Waals surface area contributed by atoms with E-state index in [0.717, 1.165) is 38.4 Å². The molecule has 0 spiro atoms. The second kappa shape index (κ2) is 6.48. The van der Waals surface area contributed by atoms with E-state index in [0.29, 0.717) is 11.7 Å². The Morgan fingerprint density at radius 2 is 2.25 bits per heavy atom. The zero-order chi connectivity index (χ0) is 13.9. The second-order valence-electron chi connectivity index (χ2n) is 4.62. The third kappa shape index (κ3) is 3.37. The third-order valence-corrected chi connectivity index (χ3v) is 4.94. The van der Waals surface area contributed by atoms with Gasteiger partial charge in [-0.2, -0.15) is 4.98 Å². The van der Waals surface area contributed by atoms with Gasteiger partial charge >= 0.3 is 0 Å². The van der Waals surface area contributed by atoms with Gasteiger partial charge in [-0.1, -0.05) is 5.16 Å². The molecule has 0 aromatic carbocycles. The van der Waals surface area contributed by atoms with Crippen molar-refractivity contribution in [1.29, 1.82) is 0 Å². The van der Waals surface area contributed by atoms with Crippen LogP contribution in [0.2, 0.25) is 0 Å². The average Bonchev–Trinajstić information content (AvgIpc) is 3.08. The molecule has 108 valence electrons. The fourth-order valence-corrected chi connectivity index (χ4v) is 3.39. The highest BCUT2D eigenvalue weighted by atomic mass is 127. The molecule has 3 rings (SSSR count). The Bertz CT molecular complexity index is 567. The van der Waals surface area contributed by atoms with Gasteiger partial charge in [0.05, 0.1) is 27.7 Å². The summed E-state index contributed by atoms with van der Waals surface area (Å²) >= 11 is 3.92. The van der Waals surface area contributed by atoms with Crippen LogP contribution in [-0.4, -0.2) is 47.9 Å². The van der Waals surface area contributed by atoms with Crippen LogP contribution in [0.4, 0.5) is 0 Å². The Labute approximate surface area is 134 Å². The Balaban J connectivity index is 1.66. The number of thiophene rings is 1. The highest BCUT2D eigenvalue weighted by Gasteiger charge is 2.20. The molecule has 1 aliphatic rings. The predicted octanol–water partition coefficient (Wildman–Crippen LogP) is 1.73. The van der Waals surface area contributed by atoms with Crippen LogP contribution < -0.4 is 5.73 Å². The molecular weight excluding hydrogens is 391 g/mol. The van der Waals surface area contributed by atoms with Crippen molar-refractivity contribution in [3.05, 3.63) is 20.2 Å². The van der Waals surface area contributed by atoms with Gasteiger partial charge in [0.1, 0.15) is 0 Å². The summed E-state index contributed by atoms with van der Waals surface area (Å²) < 4.78 is 11.8. The molecule has 0 saturated carbocycles. The fraction of sp³-hybridized carbons (Fsp3) is 0.500. The molecule has 1 aliphatic heterocycles. The van der Waals surface area contributed by atoms with E-state index >= 15 is 0 Å². The lowest BCUT2D eigenvalue weighted by Crippen LogP contribution is -2.40. The summed E-state index contributed by atoms with van der Waals surface area (Å²) in [5, 5.41) is 6.01. The van der Waals surface area contributed by atoms with Gasteiger partial charge in [0.25, 0.3) is 5.89 Å². The molecule has 0 amide bonds. The predicted molar refractivity (Wildman–Crippen MR) is 84.5 cm³/mol. The van der Waals surface area contributed by atoms with Crippen molar-refractivity contribution in [2.75, 3.05) is 32.8 Å². The maximum absolute atomic E-state index is 6.16. The summed E-state index contributed by atoms with van der Waals surface area (Å²) in [6.07, 6.45) is 0. The van der Waals surface area contributed by atoms with E-state index in [1.165, 1.54) is 2.88 Å². The highest BCUT2D eigenvalue weighted by molar-refractivity contribution is 14.1. The molecule has 1 fully saturated rings. The Kier molecular flexibility index (Phi) is 4.66. The minimum absolute atomic E-state index is 0.233. The first-order valence-electron chi connectivity index (χ1n) is 6.36. The molecule has 3 heterocycles. The minimum atomic E-state index is -0.233. The summed E-state index contributed by atoms with van der Waals surface area (Å²) in [7, 11) is 0.